The molecule has 5 heterocycles. The van der Waals surface area contributed by atoms with Crippen molar-refractivity contribution in [3.8, 4) is 23.2 Å². The van der Waals surface area contributed by atoms with Crippen LogP contribution >= 0.6 is 0 Å². The van der Waals surface area contributed by atoms with Gasteiger partial charge in [0.25, 0.3) is 5.91 Å². The van der Waals surface area contributed by atoms with Gasteiger partial charge in [0.2, 0.25) is 0 Å². The van der Waals surface area contributed by atoms with Crippen LogP contribution in [-0.4, -0.2) is 61.7 Å². The highest BCUT2D eigenvalue weighted by atomic mass is 16.7. The number of rotatable bonds is 7. The highest BCUT2D eigenvalue weighted by molar-refractivity contribution is 5.94. The predicted molar refractivity (Wildman–Crippen MR) is 154 cm³/mol. The smallest absolute Gasteiger partial charge is 0.255 e. The fourth-order valence-electron chi connectivity index (χ4n) is 5.05. The lowest BCUT2D eigenvalue weighted by molar-refractivity contribution is -0.188. The fraction of sp³-hybridized carbons (Fsp3) is 0.344. The van der Waals surface area contributed by atoms with Gasteiger partial charge < -0.3 is 23.5 Å². The van der Waals surface area contributed by atoms with Crippen molar-refractivity contribution in [2.75, 3.05) is 19.7 Å². The van der Waals surface area contributed by atoms with Gasteiger partial charge in [-0.05, 0) is 62.9 Å². The van der Waals surface area contributed by atoms with E-state index in [-0.39, 0.29) is 18.3 Å². The Bertz CT molecular complexity index is 1590. The summed E-state index contributed by atoms with van der Waals surface area (Å²) in [7, 11) is 0. The highest BCUT2D eigenvalue weighted by Gasteiger charge is 2.22. The van der Waals surface area contributed by atoms with Crippen molar-refractivity contribution in [2.45, 2.75) is 51.5 Å². The molecule has 0 spiro atoms. The maximum absolute atomic E-state index is 12.6. The number of ether oxygens (including phenoxy) is 2. The van der Waals surface area contributed by atoms with Crippen LogP contribution in [0.4, 0.5) is 0 Å². The molecule has 0 bridgehead atoms. The van der Waals surface area contributed by atoms with Crippen molar-refractivity contribution in [1.82, 2.24) is 29.8 Å². The average Bonchev–Trinajstić information content (AvgIpc) is 3.71. The van der Waals surface area contributed by atoms with Gasteiger partial charge in [-0.25, -0.2) is 4.98 Å². The molecule has 0 aliphatic carbocycles. The molecule has 2 atom stereocenters. The van der Waals surface area contributed by atoms with Gasteiger partial charge in [-0.2, -0.15) is 10.2 Å². The first-order valence-corrected chi connectivity index (χ1v) is 14.2. The van der Waals surface area contributed by atoms with Crippen molar-refractivity contribution < 1.29 is 18.8 Å². The standard InChI is InChI=1S/C32H32N6O4/c1-23(41-30-4-2-3-19-40-30)31-33-15-18-38(31)22-28-20-29(42-36-28)26-9-7-24(8-10-26)5-6-25-12-16-37(17-13-25)32(39)27-11-14-34-35-21-27/h7-12,14-15,18,20-21,23,30H,2-4,13,16-17,19,22H2,1H3/t23-,30?/m0/s1. The molecule has 1 aromatic carbocycles. The molecule has 1 fully saturated rings. The monoisotopic (exact) mass is 564 g/mol. The lowest BCUT2D eigenvalue weighted by Gasteiger charge is -2.26. The molecule has 6 rings (SSSR count). The molecule has 4 aromatic rings. The third kappa shape index (κ3) is 6.65. The quantitative estimate of drug-likeness (QED) is 0.295. The SMILES string of the molecule is C[C@H](OC1CCCCO1)c1nccn1Cc1cc(-c2ccc(C#CC3=CCN(C(=O)c4ccnnc4)CC3)cc2)on1. The van der Waals surface area contributed by atoms with Crippen LogP contribution in [0.1, 0.15) is 66.2 Å². The summed E-state index contributed by atoms with van der Waals surface area (Å²) >= 11 is 0. The number of carbonyl (C=O) groups is 1. The Labute approximate surface area is 244 Å². The van der Waals surface area contributed by atoms with Gasteiger partial charge in [0.05, 0.1) is 24.5 Å². The van der Waals surface area contributed by atoms with E-state index in [9.17, 15) is 4.79 Å². The second-order valence-electron chi connectivity index (χ2n) is 10.4. The van der Waals surface area contributed by atoms with Crippen LogP contribution in [-0.2, 0) is 16.0 Å². The maximum Gasteiger partial charge on any atom is 0.255 e. The average molecular weight is 565 g/mol. The summed E-state index contributed by atoms with van der Waals surface area (Å²) < 4.78 is 19.5. The van der Waals surface area contributed by atoms with Crippen LogP contribution in [0, 0.1) is 11.8 Å². The maximum atomic E-state index is 12.6. The summed E-state index contributed by atoms with van der Waals surface area (Å²) in [6.45, 7) is 4.42. The lowest BCUT2D eigenvalue weighted by Crippen LogP contribution is -2.34. The minimum absolute atomic E-state index is 0.0434. The van der Waals surface area contributed by atoms with E-state index < -0.39 is 0 Å². The van der Waals surface area contributed by atoms with Crippen LogP contribution in [0.2, 0.25) is 0 Å². The minimum Gasteiger partial charge on any atom is -0.356 e. The molecule has 1 unspecified atom stereocenters. The first-order chi connectivity index (χ1) is 20.6. The molecular weight excluding hydrogens is 532 g/mol. The minimum atomic E-state index is -0.196. The number of carbonyl (C=O) groups excluding carboxylic acids is 1. The largest absolute Gasteiger partial charge is 0.356 e. The summed E-state index contributed by atoms with van der Waals surface area (Å²) in [6.07, 6.45) is 12.2. The second-order valence-corrected chi connectivity index (χ2v) is 10.4. The molecule has 3 aromatic heterocycles. The van der Waals surface area contributed by atoms with E-state index in [2.05, 4.69) is 32.2 Å². The Morgan fingerprint density at radius 3 is 2.81 bits per heavy atom. The number of aromatic nitrogens is 5. The number of imidazole rings is 1. The summed E-state index contributed by atoms with van der Waals surface area (Å²) in [5.41, 5.74) is 4.20. The molecule has 2 aliphatic rings. The van der Waals surface area contributed by atoms with Gasteiger partial charge in [0.15, 0.2) is 12.1 Å². The van der Waals surface area contributed by atoms with Crippen molar-refractivity contribution in [1.29, 1.82) is 0 Å². The molecule has 2 aliphatic heterocycles. The van der Waals surface area contributed by atoms with Crippen molar-refractivity contribution in [2.24, 2.45) is 0 Å². The van der Waals surface area contributed by atoms with Crippen molar-refractivity contribution >= 4 is 5.91 Å². The van der Waals surface area contributed by atoms with Crippen molar-refractivity contribution in [3.63, 3.8) is 0 Å². The summed E-state index contributed by atoms with van der Waals surface area (Å²) in [5, 5.41) is 11.8. The van der Waals surface area contributed by atoms with Gasteiger partial charge in [-0.15, -0.1) is 0 Å². The summed E-state index contributed by atoms with van der Waals surface area (Å²) in [4.78, 5) is 18.9. The van der Waals surface area contributed by atoms with E-state index >= 15 is 0 Å². The van der Waals surface area contributed by atoms with Crippen LogP contribution < -0.4 is 0 Å². The van der Waals surface area contributed by atoms with Gasteiger partial charge in [0.1, 0.15) is 17.6 Å². The van der Waals surface area contributed by atoms with Gasteiger partial charge >= 0.3 is 0 Å². The number of hydrogen-bond donors (Lipinski definition) is 0. The molecule has 0 saturated carbocycles. The zero-order valence-electron chi connectivity index (χ0n) is 23.5. The second kappa shape index (κ2) is 12.9. The Kier molecular flexibility index (Phi) is 8.49. The Morgan fingerprint density at radius 1 is 1.14 bits per heavy atom. The predicted octanol–water partition coefficient (Wildman–Crippen LogP) is 4.80. The first kappa shape index (κ1) is 27.6. The van der Waals surface area contributed by atoms with Crippen LogP contribution in [0.3, 0.4) is 0 Å². The third-order valence-corrected chi connectivity index (χ3v) is 7.36. The van der Waals surface area contributed by atoms with Crippen LogP contribution in [0.5, 0.6) is 0 Å². The molecular formula is C32H32N6O4. The topological polar surface area (TPSA) is 108 Å². The fourth-order valence-corrected chi connectivity index (χ4v) is 5.05. The molecule has 1 saturated heterocycles. The Morgan fingerprint density at radius 2 is 2.05 bits per heavy atom. The molecule has 214 valence electrons. The van der Waals surface area contributed by atoms with E-state index in [1.807, 2.05) is 54.1 Å². The third-order valence-electron chi connectivity index (χ3n) is 7.36. The highest BCUT2D eigenvalue weighted by Crippen LogP contribution is 2.25. The number of benzene rings is 1. The van der Waals surface area contributed by atoms with Gasteiger partial charge in [-0.3, -0.25) is 4.79 Å². The van der Waals surface area contributed by atoms with E-state index in [1.54, 1.807) is 17.2 Å². The van der Waals surface area contributed by atoms with Gasteiger partial charge in [0, 0.05) is 54.9 Å². The van der Waals surface area contributed by atoms with E-state index in [0.717, 1.165) is 54.1 Å². The summed E-state index contributed by atoms with van der Waals surface area (Å²) in [5.74, 6) is 7.96. The zero-order chi connectivity index (χ0) is 28.7. The number of hydrogen-bond acceptors (Lipinski definition) is 8. The lowest BCUT2D eigenvalue weighted by atomic mass is 10.1. The zero-order valence-corrected chi connectivity index (χ0v) is 23.5. The molecule has 1 amide bonds. The Hall–Kier alpha value is -4.59. The summed E-state index contributed by atoms with van der Waals surface area (Å²) in [6, 6.07) is 11.5. The molecule has 10 nitrogen and oxygen atoms in total. The Balaban J connectivity index is 1.04. The van der Waals surface area contributed by atoms with E-state index in [1.165, 1.54) is 12.4 Å². The first-order valence-electron chi connectivity index (χ1n) is 14.2. The molecule has 0 radical (unpaired) electrons. The van der Waals surface area contributed by atoms with Crippen molar-refractivity contribution in [3.05, 3.63) is 95.5 Å². The van der Waals surface area contributed by atoms with Gasteiger partial charge in [-0.1, -0.05) is 23.1 Å². The number of nitrogens with zero attached hydrogens (tertiary/aromatic N) is 6. The number of amides is 1. The van der Waals surface area contributed by atoms with E-state index in [4.69, 9.17) is 14.0 Å². The molecule has 0 N–H and O–H groups in total. The van der Waals surface area contributed by atoms with Crippen LogP contribution in [0.25, 0.3) is 11.3 Å². The molecule has 42 heavy (non-hydrogen) atoms. The molecule has 10 heteroatoms. The normalized spacial score (nSPS) is 17.7. The van der Waals surface area contributed by atoms with E-state index in [0.29, 0.717) is 37.4 Å². The van der Waals surface area contributed by atoms with Crippen LogP contribution in [0.15, 0.2) is 77.4 Å².